The molecule has 0 amide bonds. The lowest BCUT2D eigenvalue weighted by molar-refractivity contribution is 0.394. The van der Waals surface area contributed by atoms with Crippen molar-refractivity contribution in [1.29, 1.82) is 0 Å². The smallest absolute Gasteiger partial charge is 0.216 e. The van der Waals surface area contributed by atoms with E-state index in [0.29, 0.717) is 5.88 Å². The summed E-state index contributed by atoms with van der Waals surface area (Å²) < 4.78 is 5.02. The van der Waals surface area contributed by atoms with Gasteiger partial charge in [-0.2, -0.15) is 0 Å². The van der Waals surface area contributed by atoms with Gasteiger partial charge in [0.1, 0.15) is 6.33 Å². The Balaban J connectivity index is 2.86. The largest absolute Gasteiger partial charge is 0.481 e. The van der Waals surface area contributed by atoms with Crippen molar-refractivity contribution < 1.29 is 4.74 Å². The van der Waals surface area contributed by atoms with Crippen LogP contribution in [0.4, 0.5) is 0 Å². The minimum Gasteiger partial charge on any atom is -0.481 e. The zero-order valence-electron chi connectivity index (χ0n) is 8.24. The maximum Gasteiger partial charge on any atom is 0.216 e. The fraction of sp³-hybridized carbons (Fsp3) is 0.556. The van der Waals surface area contributed by atoms with Gasteiger partial charge in [0.05, 0.1) is 12.8 Å². The van der Waals surface area contributed by atoms with Crippen molar-refractivity contribution in [3.05, 3.63) is 18.1 Å². The lowest BCUT2D eigenvalue weighted by Crippen LogP contribution is -2.16. The molecule has 0 aliphatic rings. The molecule has 1 aromatic rings. The standard InChI is InChI=1S/C9H15N3O/c1-4-7(10-2)8-5-9(13-3)12-6-11-8/h5-7,10H,4H2,1-3H3. The second kappa shape index (κ2) is 4.77. The van der Waals surface area contributed by atoms with Gasteiger partial charge in [-0.25, -0.2) is 9.97 Å². The highest BCUT2D eigenvalue weighted by molar-refractivity contribution is 5.16. The second-order valence-corrected chi connectivity index (χ2v) is 2.73. The highest BCUT2D eigenvalue weighted by Gasteiger charge is 2.08. The molecule has 1 N–H and O–H groups in total. The Hall–Kier alpha value is -1.16. The zero-order valence-corrected chi connectivity index (χ0v) is 8.24. The Bertz CT molecular complexity index is 261. The molecule has 1 rings (SSSR count). The van der Waals surface area contributed by atoms with Crippen molar-refractivity contribution >= 4 is 0 Å². The summed E-state index contributed by atoms with van der Waals surface area (Å²) in [6, 6.07) is 2.13. The van der Waals surface area contributed by atoms with Crippen LogP contribution in [0.3, 0.4) is 0 Å². The van der Waals surface area contributed by atoms with Crippen LogP contribution in [0.1, 0.15) is 25.1 Å². The summed E-state index contributed by atoms with van der Waals surface area (Å²) in [6.45, 7) is 2.11. The molecule has 0 fully saturated rings. The van der Waals surface area contributed by atoms with E-state index in [-0.39, 0.29) is 6.04 Å². The number of nitrogens with zero attached hydrogens (tertiary/aromatic N) is 2. The van der Waals surface area contributed by atoms with Crippen LogP contribution in [0.25, 0.3) is 0 Å². The third-order valence-electron chi connectivity index (χ3n) is 1.99. The molecule has 13 heavy (non-hydrogen) atoms. The molecule has 0 spiro atoms. The van der Waals surface area contributed by atoms with Crippen molar-refractivity contribution in [2.45, 2.75) is 19.4 Å². The van der Waals surface area contributed by atoms with Crippen LogP contribution >= 0.6 is 0 Å². The molecule has 4 heteroatoms. The van der Waals surface area contributed by atoms with E-state index in [0.717, 1.165) is 12.1 Å². The maximum absolute atomic E-state index is 5.02. The van der Waals surface area contributed by atoms with Crippen LogP contribution in [0.2, 0.25) is 0 Å². The average Bonchev–Trinajstić information content (AvgIpc) is 2.20. The number of rotatable bonds is 4. The maximum atomic E-state index is 5.02. The lowest BCUT2D eigenvalue weighted by Gasteiger charge is -2.12. The SMILES string of the molecule is CCC(NC)c1cc(OC)ncn1. The molecule has 72 valence electrons. The number of nitrogens with one attached hydrogen (secondary N) is 1. The fourth-order valence-electron chi connectivity index (χ4n) is 1.22. The van der Waals surface area contributed by atoms with Crippen molar-refractivity contribution in [2.75, 3.05) is 14.2 Å². The summed E-state index contributed by atoms with van der Waals surface area (Å²) in [5, 5.41) is 3.17. The molecule has 0 radical (unpaired) electrons. The molecule has 1 unspecified atom stereocenters. The van der Waals surface area contributed by atoms with Crippen LogP contribution < -0.4 is 10.1 Å². The quantitative estimate of drug-likeness (QED) is 0.757. The molecule has 1 aromatic heterocycles. The van der Waals surface area contributed by atoms with Crippen molar-refractivity contribution in [3.8, 4) is 5.88 Å². The summed E-state index contributed by atoms with van der Waals surface area (Å²) in [7, 11) is 3.52. The topological polar surface area (TPSA) is 47.0 Å². The van der Waals surface area contributed by atoms with E-state index in [9.17, 15) is 0 Å². The third kappa shape index (κ3) is 2.39. The van der Waals surface area contributed by atoms with Gasteiger partial charge in [0, 0.05) is 12.1 Å². The van der Waals surface area contributed by atoms with Gasteiger partial charge in [0.15, 0.2) is 0 Å². The molecular weight excluding hydrogens is 166 g/mol. The first kappa shape index (κ1) is 9.92. The normalized spacial score (nSPS) is 12.5. The van der Waals surface area contributed by atoms with Gasteiger partial charge >= 0.3 is 0 Å². The Morgan fingerprint density at radius 1 is 1.54 bits per heavy atom. The fourth-order valence-corrected chi connectivity index (χ4v) is 1.22. The van der Waals surface area contributed by atoms with E-state index in [2.05, 4.69) is 22.2 Å². The molecule has 1 heterocycles. The van der Waals surface area contributed by atoms with E-state index in [4.69, 9.17) is 4.74 Å². The highest BCUT2D eigenvalue weighted by Crippen LogP contribution is 2.15. The van der Waals surface area contributed by atoms with E-state index in [1.165, 1.54) is 6.33 Å². The molecular formula is C9H15N3O. The van der Waals surface area contributed by atoms with Crippen molar-refractivity contribution in [2.24, 2.45) is 0 Å². The van der Waals surface area contributed by atoms with Crippen LogP contribution in [0.15, 0.2) is 12.4 Å². The average molecular weight is 181 g/mol. The Morgan fingerprint density at radius 3 is 2.85 bits per heavy atom. The Kier molecular flexibility index (Phi) is 3.64. The minimum atomic E-state index is 0.275. The second-order valence-electron chi connectivity index (χ2n) is 2.73. The zero-order chi connectivity index (χ0) is 9.68. The summed E-state index contributed by atoms with van der Waals surface area (Å²) >= 11 is 0. The summed E-state index contributed by atoms with van der Waals surface area (Å²) in [4.78, 5) is 8.12. The predicted molar refractivity (Wildman–Crippen MR) is 50.7 cm³/mol. The molecule has 4 nitrogen and oxygen atoms in total. The van der Waals surface area contributed by atoms with Gasteiger partial charge in [0.25, 0.3) is 0 Å². The first-order chi connectivity index (χ1) is 6.31. The van der Waals surface area contributed by atoms with Gasteiger partial charge in [0.2, 0.25) is 5.88 Å². The lowest BCUT2D eigenvalue weighted by atomic mass is 10.1. The highest BCUT2D eigenvalue weighted by atomic mass is 16.5. The van der Waals surface area contributed by atoms with Gasteiger partial charge in [-0.1, -0.05) is 6.92 Å². The molecule has 0 aliphatic carbocycles. The van der Waals surface area contributed by atoms with E-state index in [1.54, 1.807) is 7.11 Å². The first-order valence-corrected chi connectivity index (χ1v) is 4.35. The number of aromatic nitrogens is 2. The van der Waals surface area contributed by atoms with Gasteiger partial charge < -0.3 is 10.1 Å². The Morgan fingerprint density at radius 2 is 2.31 bits per heavy atom. The van der Waals surface area contributed by atoms with E-state index >= 15 is 0 Å². The summed E-state index contributed by atoms with van der Waals surface area (Å²) in [5.74, 6) is 0.610. The predicted octanol–water partition coefficient (Wildman–Crippen LogP) is 1.16. The summed E-state index contributed by atoms with van der Waals surface area (Å²) in [6.07, 6.45) is 2.52. The number of hydrogen-bond donors (Lipinski definition) is 1. The van der Waals surface area contributed by atoms with Crippen molar-refractivity contribution in [1.82, 2.24) is 15.3 Å². The summed E-state index contributed by atoms with van der Waals surface area (Å²) in [5.41, 5.74) is 0.969. The minimum absolute atomic E-state index is 0.275. The Labute approximate surface area is 78.4 Å². The van der Waals surface area contributed by atoms with Gasteiger partial charge in [-0.15, -0.1) is 0 Å². The number of ether oxygens (including phenoxy) is 1. The van der Waals surface area contributed by atoms with E-state index in [1.807, 2.05) is 13.1 Å². The first-order valence-electron chi connectivity index (χ1n) is 4.35. The van der Waals surface area contributed by atoms with Gasteiger partial charge in [-0.05, 0) is 13.5 Å². The van der Waals surface area contributed by atoms with Crippen LogP contribution in [-0.4, -0.2) is 24.1 Å². The third-order valence-corrected chi connectivity index (χ3v) is 1.99. The molecule has 1 atom stereocenters. The van der Waals surface area contributed by atoms with E-state index < -0.39 is 0 Å². The molecule has 0 saturated carbocycles. The number of hydrogen-bond acceptors (Lipinski definition) is 4. The molecule has 0 aliphatic heterocycles. The van der Waals surface area contributed by atoms with Crippen molar-refractivity contribution in [3.63, 3.8) is 0 Å². The van der Waals surface area contributed by atoms with Gasteiger partial charge in [-0.3, -0.25) is 0 Å². The van der Waals surface area contributed by atoms with Crippen LogP contribution in [0.5, 0.6) is 5.88 Å². The number of methoxy groups -OCH3 is 1. The van der Waals surface area contributed by atoms with Crippen LogP contribution in [-0.2, 0) is 0 Å². The molecule has 0 bridgehead atoms. The molecule has 0 saturated heterocycles. The molecule has 0 aromatic carbocycles. The monoisotopic (exact) mass is 181 g/mol. The van der Waals surface area contributed by atoms with Crippen LogP contribution in [0, 0.1) is 0 Å².